The molecule has 1 rings (SSSR count). The van der Waals surface area contributed by atoms with Crippen molar-refractivity contribution in [3.8, 4) is 0 Å². The van der Waals surface area contributed by atoms with E-state index < -0.39 is 0 Å². The molecule has 1 saturated carbocycles. The first-order chi connectivity index (χ1) is 7.93. The maximum atomic E-state index is 11.5. The summed E-state index contributed by atoms with van der Waals surface area (Å²) in [6.45, 7) is 7.53. The molecular formula is C13H25NO3. The van der Waals surface area contributed by atoms with Gasteiger partial charge in [-0.05, 0) is 30.6 Å². The van der Waals surface area contributed by atoms with Crippen molar-refractivity contribution in [1.82, 2.24) is 0 Å². The molecule has 0 spiro atoms. The Morgan fingerprint density at radius 2 is 2.12 bits per heavy atom. The highest BCUT2D eigenvalue weighted by atomic mass is 16.6. The van der Waals surface area contributed by atoms with Crippen LogP contribution >= 0.6 is 0 Å². The number of hydrogen-bond acceptors (Lipinski definition) is 4. The molecule has 0 amide bonds. The lowest BCUT2D eigenvalue weighted by Crippen LogP contribution is -2.34. The van der Waals surface area contributed by atoms with Crippen LogP contribution in [0.1, 0.15) is 40.0 Å². The van der Waals surface area contributed by atoms with Crippen molar-refractivity contribution in [2.75, 3.05) is 19.8 Å². The Kier molecular flexibility index (Phi) is 5.40. The minimum atomic E-state index is -0.270. The average Bonchev–Trinajstić information content (AvgIpc) is 2.14. The minimum Gasteiger partial charge on any atom is -0.461 e. The van der Waals surface area contributed by atoms with E-state index in [1.165, 1.54) is 6.42 Å². The van der Waals surface area contributed by atoms with Crippen LogP contribution in [0.4, 0.5) is 0 Å². The number of nitrogens with two attached hydrogens (primary N) is 1. The summed E-state index contributed by atoms with van der Waals surface area (Å²) in [5.41, 5.74) is 5.54. The molecule has 1 aliphatic carbocycles. The van der Waals surface area contributed by atoms with Gasteiger partial charge in [-0.3, -0.25) is 0 Å². The standard InChI is InChI=1S/C13H25NO3/c1-10-6-11(8-13(2,3)7-10)17-12(15)9-16-5-4-14/h10-11H,4-9,14H2,1-3H3. The van der Waals surface area contributed by atoms with Crippen LogP contribution in [-0.2, 0) is 14.3 Å². The zero-order chi connectivity index (χ0) is 12.9. The summed E-state index contributed by atoms with van der Waals surface area (Å²) in [5, 5.41) is 0. The SMILES string of the molecule is CC1CC(OC(=O)COCCN)CC(C)(C)C1. The zero-order valence-electron chi connectivity index (χ0n) is 11.2. The van der Waals surface area contributed by atoms with Crippen LogP contribution in [0.5, 0.6) is 0 Å². The minimum absolute atomic E-state index is 0.0164. The molecule has 0 aromatic heterocycles. The molecule has 0 radical (unpaired) electrons. The van der Waals surface area contributed by atoms with Gasteiger partial charge in [-0.25, -0.2) is 4.79 Å². The number of carbonyl (C=O) groups is 1. The normalized spacial score (nSPS) is 27.8. The van der Waals surface area contributed by atoms with Crippen LogP contribution in [0, 0.1) is 11.3 Å². The number of hydrogen-bond donors (Lipinski definition) is 1. The summed E-state index contributed by atoms with van der Waals surface area (Å²) >= 11 is 0. The van der Waals surface area contributed by atoms with Crippen LogP contribution in [0.15, 0.2) is 0 Å². The van der Waals surface area contributed by atoms with Crippen molar-refractivity contribution in [2.24, 2.45) is 17.1 Å². The highest BCUT2D eigenvalue weighted by molar-refractivity contribution is 5.70. The molecule has 0 aliphatic heterocycles. The Balaban J connectivity index is 2.32. The van der Waals surface area contributed by atoms with E-state index in [2.05, 4.69) is 20.8 Å². The van der Waals surface area contributed by atoms with Gasteiger partial charge in [0, 0.05) is 6.54 Å². The monoisotopic (exact) mass is 243 g/mol. The van der Waals surface area contributed by atoms with Gasteiger partial charge in [0.05, 0.1) is 6.61 Å². The van der Waals surface area contributed by atoms with Gasteiger partial charge in [0.15, 0.2) is 0 Å². The lowest BCUT2D eigenvalue weighted by molar-refractivity contribution is -0.158. The van der Waals surface area contributed by atoms with Crippen molar-refractivity contribution in [3.63, 3.8) is 0 Å². The van der Waals surface area contributed by atoms with Crippen molar-refractivity contribution in [1.29, 1.82) is 0 Å². The number of carbonyl (C=O) groups excluding carboxylic acids is 1. The number of ether oxygens (including phenoxy) is 2. The van der Waals surface area contributed by atoms with Crippen LogP contribution in [-0.4, -0.2) is 31.8 Å². The molecule has 2 N–H and O–H groups in total. The Hall–Kier alpha value is -0.610. The van der Waals surface area contributed by atoms with E-state index in [1.54, 1.807) is 0 Å². The molecule has 100 valence electrons. The maximum Gasteiger partial charge on any atom is 0.332 e. The van der Waals surface area contributed by atoms with Gasteiger partial charge < -0.3 is 15.2 Å². The predicted molar refractivity (Wildman–Crippen MR) is 66.5 cm³/mol. The molecule has 4 heteroatoms. The summed E-state index contributed by atoms with van der Waals surface area (Å²) in [6, 6.07) is 0. The topological polar surface area (TPSA) is 61.5 Å². The summed E-state index contributed by atoms with van der Waals surface area (Å²) in [4.78, 5) is 11.5. The van der Waals surface area contributed by atoms with Gasteiger partial charge in [-0.2, -0.15) is 0 Å². The van der Waals surface area contributed by atoms with E-state index in [-0.39, 0.29) is 24.1 Å². The van der Waals surface area contributed by atoms with E-state index in [4.69, 9.17) is 15.2 Å². The van der Waals surface area contributed by atoms with Crippen LogP contribution < -0.4 is 5.73 Å². The van der Waals surface area contributed by atoms with Crippen LogP contribution in [0.3, 0.4) is 0 Å². The lowest BCUT2D eigenvalue weighted by atomic mass is 9.71. The van der Waals surface area contributed by atoms with E-state index in [9.17, 15) is 4.79 Å². The van der Waals surface area contributed by atoms with E-state index in [1.807, 2.05) is 0 Å². The van der Waals surface area contributed by atoms with Crippen LogP contribution in [0.2, 0.25) is 0 Å². The van der Waals surface area contributed by atoms with Gasteiger partial charge in [-0.15, -0.1) is 0 Å². The number of rotatable bonds is 5. The summed E-state index contributed by atoms with van der Waals surface area (Å²) in [5.74, 6) is 0.342. The largest absolute Gasteiger partial charge is 0.461 e. The molecule has 2 atom stereocenters. The highest BCUT2D eigenvalue weighted by Gasteiger charge is 2.33. The van der Waals surface area contributed by atoms with Gasteiger partial charge in [0.1, 0.15) is 12.7 Å². The number of esters is 1. The van der Waals surface area contributed by atoms with Gasteiger partial charge in [0.25, 0.3) is 0 Å². The van der Waals surface area contributed by atoms with Crippen molar-refractivity contribution >= 4 is 5.97 Å². The maximum absolute atomic E-state index is 11.5. The summed E-state index contributed by atoms with van der Waals surface area (Å²) in [6.07, 6.45) is 3.15. The third kappa shape index (κ3) is 5.50. The second-order valence-electron chi connectivity index (χ2n) is 5.87. The second-order valence-corrected chi connectivity index (χ2v) is 5.87. The molecule has 1 aliphatic rings. The molecular weight excluding hydrogens is 218 g/mol. The fourth-order valence-electron chi connectivity index (χ4n) is 2.81. The van der Waals surface area contributed by atoms with Crippen LogP contribution in [0.25, 0.3) is 0 Å². The molecule has 0 saturated heterocycles. The molecule has 0 bridgehead atoms. The van der Waals surface area contributed by atoms with Gasteiger partial charge in [0.2, 0.25) is 0 Å². The van der Waals surface area contributed by atoms with Crippen molar-refractivity contribution in [2.45, 2.75) is 46.1 Å². The quantitative estimate of drug-likeness (QED) is 0.590. The highest BCUT2D eigenvalue weighted by Crippen LogP contribution is 2.39. The van der Waals surface area contributed by atoms with Crippen molar-refractivity contribution < 1.29 is 14.3 Å². The first kappa shape index (κ1) is 14.5. The van der Waals surface area contributed by atoms with Crippen molar-refractivity contribution in [3.05, 3.63) is 0 Å². The first-order valence-corrected chi connectivity index (χ1v) is 6.40. The van der Waals surface area contributed by atoms with Gasteiger partial charge >= 0.3 is 5.97 Å². The third-order valence-electron chi connectivity index (χ3n) is 3.13. The molecule has 2 unspecified atom stereocenters. The second kappa shape index (κ2) is 6.36. The fraction of sp³-hybridized carbons (Fsp3) is 0.923. The third-order valence-corrected chi connectivity index (χ3v) is 3.13. The Labute approximate surface area is 104 Å². The molecule has 0 aromatic carbocycles. The Morgan fingerprint density at radius 1 is 1.41 bits per heavy atom. The smallest absolute Gasteiger partial charge is 0.332 e. The Morgan fingerprint density at radius 3 is 2.71 bits per heavy atom. The molecule has 0 heterocycles. The lowest BCUT2D eigenvalue weighted by Gasteiger charge is -2.38. The van der Waals surface area contributed by atoms with E-state index in [0.29, 0.717) is 19.1 Å². The average molecular weight is 243 g/mol. The zero-order valence-corrected chi connectivity index (χ0v) is 11.2. The molecule has 1 fully saturated rings. The molecule has 0 aromatic rings. The van der Waals surface area contributed by atoms with E-state index >= 15 is 0 Å². The summed E-state index contributed by atoms with van der Waals surface area (Å²) in [7, 11) is 0. The fourth-order valence-corrected chi connectivity index (χ4v) is 2.81. The first-order valence-electron chi connectivity index (χ1n) is 6.40. The Bertz CT molecular complexity index is 253. The molecule has 4 nitrogen and oxygen atoms in total. The van der Waals surface area contributed by atoms with E-state index in [0.717, 1.165) is 12.8 Å². The van der Waals surface area contributed by atoms with Gasteiger partial charge in [-0.1, -0.05) is 20.8 Å². The summed E-state index contributed by atoms with van der Waals surface area (Å²) < 4.78 is 10.5. The molecule has 17 heavy (non-hydrogen) atoms. The predicted octanol–water partition coefficient (Wildman–Crippen LogP) is 1.72.